The Balaban J connectivity index is 1.99. The number of hydrogen-bond donors (Lipinski definition) is 0. The number of benzene rings is 1. The summed E-state index contributed by atoms with van der Waals surface area (Å²) in [6.45, 7) is 3.92. The molecule has 1 aliphatic heterocycles. The molecule has 0 radical (unpaired) electrons. The van der Waals surface area contributed by atoms with Crippen molar-refractivity contribution in [2.75, 3.05) is 34.0 Å². The number of aromatic nitrogens is 2. The van der Waals surface area contributed by atoms with E-state index in [0.29, 0.717) is 43.7 Å². The number of hydrogen-bond acceptors (Lipinski definition) is 6. The maximum absolute atomic E-state index is 12.3. The first-order chi connectivity index (χ1) is 12.2. The molecule has 2 aromatic rings. The summed E-state index contributed by atoms with van der Waals surface area (Å²) in [5, 5.41) is 0. The smallest absolute Gasteiger partial charge is 0.351 e. The van der Waals surface area contributed by atoms with Crippen molar-refractivity contribution in [3.63, 3.8) is 0 Å². The standard InChI is InChI=1S/C18H22N2O5/c1-4-24-7-8-25-17-11-14-13-10-16(23-3)15(22-2)9-12(13)5-6-20(14)18(21)19-17/h9-11H,4-8H2,1-3H3. The van der Waals surface area contributed by atoms with Crippen LogP contribution in [0.5, 0.6) is 17.4 Å². The van der Waals surface area contributed by atoms with Gasteiger partial charge in [0.25, 0.3) is 0 Å². The lowest BCUT2D eigenvalue weighted by atomic mass is 9.97. The molecule has 0 N–H and O–H groups in total. The van der Waals surface area contributed by atoms with E-state index in [1.54, 1.807) is 24.9 Å². The van der Waals surface area contributed by atoms with Crippen LogP contribution in [0.3, 0.4) is 0 Å². The largest absolute Gasteiger partial charge is 0.493 e. The molecule has 0 saturated carbocycles. The molecule has 0 fully saturated rings. The van der Waals surface area contributed by atoms with Gasteiger partial charge in [0.15, 0.2) is 11.5 Å². The van der Waals surface area contributed by atoms with Crippen LogP contribution in [-0.2, 0) is 17.7 Å². The van der Waals surface area contributed by atoms with E-state index < -0.39 is 0 Å². The van der Waals surface area contributed by atoms with Crippen LogP contribution in [0.15, 0.2) is 23.0 Å². The van der Waals surface area contributed by atoms with E-state index in [9.17, 15) is 4.79 Å². The zero-order valence-electron chi connectivity index (χ0n) is 14.7. The Hall–Kier alpha value is -2.54. The van der Waals surface area contributed by atoms with E-state index in [4.69, 9.17) is 18.9 Å². The number of aryl methyl sites for hydroxylation is 1. The van der Waals surface area contributed by atoms with E-state index in [-0.39, 0.29) is 5.69 Å². The van der Waals surface area contributed by atoms with Crippen molar-refractivity contribution in [2.45, 2.75) is 19.9 Å². The van der Waals surface area contributed by atoms with Crippen molar-refractivity contribution in [1.29, 1.82) is 0 Å². The minimum absolute atomic E-state index is 0.304. The van der Waals surface area contributed by atoms with Crippen molar-refractivity contribution < 1.29 is 18.9 Å². The predicted octanol–water partition coefficient (Wildman–Crippen LogP) is 1.90. The minimum Gasteiger partial charge on any atom is -0.493 e. The second-order valence-electron chi connectivity index (χ2n) is 5.57. The van der Waals surface area contributed by atoms with Crippen molar-refractivity contribution in [3.05, 3.63) is 34.2 Å². The summed E-state index contributed by atoms with van der Waals surface area (Å²) in [6.07, 6.45) is 0.731. The van der Waals surface area contributed by atoms with Gasteiger partial charge in [-0.05, 0) is 31.0 Å². The summed E-state index contributed by atoms with van der Waals surface area (Å²) in [4.78, 5) is 16.4. The molecule has 1 aliphatic rings. The Morgan fingerprint density at radius 2 is 1.88 bits per heavy atom. The fourth-order valence-corrected chi connectivity index (χ4v) is 2.95. The molecule has 1 aromatic carbocycles. The third kappa shape index (κ3) is 3.46. The van der Waals surface area contributed by atoms with Crippen LogP contribution < -0.4 is 19.9 Å². The van der Waals surface area contributed by atoms with Crippen LogP contribution in [0.4, 0.5) is 0 Å². The maximum atomic E-state index is 12.3. The molecule has 0 atom stereocenters. The molecule has 3 rings (SSSR count). The highest BCUT2D eigenvalue weighted by Crippen LogP contribution is 2.38. The number of fused-ring (bicyclic) bond motifs is 3. The molecule has 25 heavy (non-hydrogen) atoms. The minimum atomic E-state index is -0.315. The van der Waals surface area contributed by atoms with Crippen LogP contribution in [0, 0.1) is 0 Å². The van der Waals surface area contributed by atoms with Crippen LogP contribution in [-0.4, -0.2) is 43.6 Å². The van der Waals surface area contributed by atoms with E-state index in [0.717, 1.165) is 23.2 Å². The van der Waals surface area contributed by atoms with Crippen molar-refractivity contribution in [1.82, 2.24) is 9.55 Å². The summed E-state index contributed by atoms with van der Waals surface area (Å²) >= 11 is 0. The molecule has 134 valence electrons. The Labute approximate surface area is 146 Å². The fourth-order valence-electron chi connectivity index (χ4n) is 2.95. The second kappa shape index (κ2) is 7.57. The maximum Gasteiger partial charge on any atom is 0.351 e. The zero-order chi connectivity index (χ0) is 17.8. The van der Waals surface area contributed by atoms with E-state index in [2.05, 4.69) is 4.98 Å². The quantitative estimate of drug-likeness (QED) is 0.713. The average Bonchev–Trinajstić information content (AvgIpc) is 2.64. The van der Waals surface area contributed by atoms with Crippen LogP contribution in [0.2, 0.25) is 0 Å². The highest BCUT2D eigenvalue weighted by Gasteiger charge is 2.21. The number of methoxy groups -OCH3 is 2. The number of nitrogens with zero attached hydrogens (tertiary/aromatic N) is 2. The normalized spacial score (nSPS) is 12.3. The van der Waals surface area contributed by atoms with Gasteiger partial charge < -0.3 is 18.9 Å². The third-order valence-corrected chi connectivity index (χ3v) is 4.16. The lowest BCUT2D eigenvalue weighted by Crippen LogP contribution is -2.28. The lowest BCUT2D eigenvalue weighted by molar-refractivity contribution is 0.108. The Bertz CT molecular complexity index is 816. The van der Waals surface area contributed by atoms with Crippen molar-refractivity contribution in [3.8, 4) is 28.6 Å². The first kappa shape index (κ1) is 17.3. The molecular weight excluding hydrogens is 324 g/mol. The van der Waals surface area contributed by atoms with E-state index in [1.807, 2.05) is 19.1 Å². The van der Waals surface area contributed by atoms with Gasteiger partial charge in [0, 0.05) is 24.8 Å². The van der Waals surface area contributed by atoms with Crippen LogP contribution in [0.1, 0.15) is 12.5 Å². The SMILES string of the molecule is CCOCCOc1cc2n(c(=O)n1)CCc1cc(OC)c(OC)cc1-2. The molecule has 0 bridgehead atoms. The molecule has 0 aliphatic carbocycles. The first-order valence-electron chi connectivity index (χ1n) is 8.25. The van der Waals surface area contributed by atoms with Gasteiger partial charge in [0.05, 0.1) is 26.5 Å². The number of rotatable bonds is 7. The zero-order valence-corrected chi connectivity index (χ0v) is 14.7. The first-order valence-corrected chi connectivity index (χ1v) is 8.25. The highest BCUT2D eigenvalue weighted by atomic mass is 16.5. The van der Waals surface area contributed by atoms with Crippen LogP contribution >= 0.6 is 0 Å². The average molecular weight is 346 g/mol. The molecule has 0 unspecified atom stereocenters. The Kier molecular flexibility index (Phi) is 5.23. The molecule has 0 spiro atoms. The lowest BCUT2D eigenvalue weighted by Gasteiger charge is -2.23. The summed E-state index contributed by atoms with van der Waals surface area (Å²) in [5.41, 5.74) is 2.49. The summed E-state index contributed by atoms with van der Waals surface area (Å²) in [7, 11) is 3.20. The van der Waals surface area contributed by atoms with Gasteiger partial charge in [-0.15, -0.1) is 0 Å². The molecular formula is C18H22N2O5. The van der Waals surface area contributed by atoms with Gasteiger partial charge in [0.1, 0.15) is 6.61 Å². The predicted molar refractivity (Wildman–Crippen MR) is 92.7 cm³/mol. The second-order valence-corrected chi connectivity index (χ2v) is 5.57. The van der Waals surface area contributed by atoms with E-state index in [1.165, 1.54) is 0 Å². The van der Waals surface area contributed by atoms with Gasteiger partial charge in [-0.3, -0.25) is 4.57 Å². The molecule has 0 saturated heterocycles. The number of ether oxygens (including phenoxy) is 4. The van der Waals surface area contributed by atoms with Gasteiger partial charge >= 0.3 is 5.69 Å². The Morgan fingerprint density at radius 1 is 1.12 bits per heavy atom. The molecule has 7 nitrogen and oxygen atoms in total. The van der Waals surface area contributed by atoms with Crippen molar-refractivity contribution >= 4 is 0 Å². The van der Waals surface area contributed by atoms with Crippen LogP contribution in [0.25, 0.3) is 11.3 Å². The Morgan fingerprint density at radius 3 is 2.60 bits per heavy atom. The molecule has 1 aromatic heterocycles. The fraction of sp³-hybridized carbons (Fsp3) is 0.444. The highest BCUT2D eigenvalue weighted by molar-refractivity contribution is 5.70. The summed E-state index contributed by atoms with van der Waals surface area (Å²) in [5.74, 6) is 1.61. The summed E-state index contributed by atoms with van der Waals surface area (Å²) in [6, 6.07) is 5.64. The van der Waals surface area contributed by atoms with Crippen molar-refractivity contribution in [2.24, 2.45) is 0 Å². The molecule has 2 heterocycles. The molecule has 7 heteroatoms. The van der Waals surface area contributed by atoms with Gasteiger partial charge in [-0.25, -0.2) is 4.79 Å². The monoisotopic (exact) mass is 346 g/mol. The van der Waals surface area contributed by atoms with Gasteiger partial charge in [-0.1, -0.05) is 0 Å². The summed E-state index contributed by atoms with van der Waals surface area (Å²) < 4.78 is 23.2. The topological polar surface area (TPSA) is 71.8 Å². The van der Waals surface area contributed by atoms with Gasteiger partial charge in [0.2, 0.25) is 5.88 Å². The third-order valence-electron chi connectivity index (χ3n) is 4.16. The van der Waals surface area contributed by atoms with E-state index >= 15 is 0 Å². The van der Waals surface area contributed by atoms with Gasteiger partial charge in [-0.2, -0.15) is 4.98 Å². The molecule has 0 amide bonds.